The van der Waals surface area contributed by atoms with Crippen molar-refractivity contribution in [3.63, 3.8) is 0 Å². The number of thioether (sulfide) groups is 1. The maximum absolute atomic E-state index is 14.0. The molecule has 0 spiro atoms. The molecule has 1 atom stereocenters. The highest BCUT2D eigenvalue weighted by Gasteiger charge is 2.34. The summed E-state index contributed by atoms with van der Waals surface area (Å²) in [6, 6.07) is 9.71. The van der Waals surface area contributed by atoms with Crippen LogP contribution in [0.15, 0.2) is 47.1 Å². The van der Waals surface area contributed by atoms with E-state index in [1.807, 2.05) is 0 Å². The van der Waals surface area contributed by atoms with Crippen LogP contribution in [0.2, 0.25) is 0 Å². The molecule has 1 aromatic heterocycles. The first-order chi connectivity index (χ1) is 11.6. The quantitative estimate of drug-likeness (QED) is 0.834. The number of hydrogen-bond donors (Lipinski definition) is 0. The van der Waals surface area contributed by atoms with Crippen LogP contribution < -0.4 is 0 Å². The minimum absolute atomic E-state index is 0.0490. The van der Waals surface area contributed by atoms with E-state index < -0.39 is 0 Å². The zero-order valence-corrected chi connectivity index (χ0v) is 14.0. The van der Waals surface area contributed by atoms with Crippen molar-refractivity contribution in [1.82, 2.24) is 9.80 Å². The summed E-state index contributed by atoms with van der Waals surface area (Å²) >= 11 is 1.40. The zero-order chi connectivity index (χ0) is 17.1. The van der Waals surface area contributed by atoms with E-state index in [0.717, 1.165) is 0 Å². The van der Waals surface area contributed by atoms with E-state index in [-0.39, 0.29) is 28.8 Å². The average molecular weight is 348 g/mol. The Morgan fingerprint density at radius 2 is 2.17 bits per heavy atom. The lowest BCUT2D eigenvalue weighted by Crippen LogP contribution is -2.38. The molecule has 1 aliphatic heterocycles. The topological polar surface area (TPSA) is 53.8 Å². The van der Waals surface area contributed by atoms with Crippen molar-refractivity contribution in [3.8, 4) is 0 Å². The fourth-order valence-corrected chi connectivity index (χ4v) is 3.82. The molecule has 1 saturated heterocycles. The lowest BCUT2D eigenvalue weighted by Gasteiger charge is -2.26. The van der Waals surface area contributed by atoms with Crippen molar-refractivity contribution in [2.45, 2.75) is 5.37 Å². The second-order valence-corrected chi connectivity index (χ2v) is 6.54. The predicted molar refractivity (Wildman–Crippen MR) is 89.0 cm³/mol. The lowest BCUT2D eigenvalue weighted by molar-refractivity contribution is -0.128. The van der Waals surface area contributed by atoms with Gasteiger partial charge < -0.3 is 14.2 Å². The van der Waals surface area contributed by atoms with Gasteiger partial charge in [0.1, 0.15) is 11.2 Å². The highest BCUT2D eigenvalue weighted by Crippen LogP contribution is 2.39. The molecule has 0 saturated carbocycles. The molecule has 0 N–H and O–H groups in total. The van der Waals surface area contributed by atoms with Crippen LogP contribution in [0.25, 0.3) is 0 Å². The summed E-state index contributed by atoms with van der Waals surface area (Å²) in [6.07, 6.45) is 1.44. The van der Waals surface area contributed by atoms with E-state index in [9.17, 15) is 14.0 Å². The molecular weight excluding hydrogens is 331 g/mol. The van der Waals surface area contributed by atoms with E-state index in [4.69, 9.17) is 4.42 Å². The fourth-order valence-electron chi connectivity index (χ4n) is 2.58. The van der Waals surface area contributed by atoms with Gasteiger partial charge in [0.15, 0.2) is 5.76 Å². The van der Waals surface area contributed by atoms with Gasteiger partial charge in [-0.1, -0.05) is 18.2 Å². The van der Waals surface area contributed by atoms with Crippen molar-refractivity contribution in [2.24, 2.45) is 0 Å². The summed E-state index contributed by atoms with van der Waals surface area (Å²) < 4.78 is 19.1. The van der Waals surface area contributed by atoms with E-state index in [2.05, 4.69) is 0 Å². The summed E-state index contributed by atoms with van der Waals surface area (Å²) in [7, 11) is 1.65. The Morgan fingerprint density at radius 1 is 1.38 bits per heavy atom. The number of amides is 2. The van der Waals surface area contributed by atoms with Crippen LogP contribution in [0.3, 0.4) is 0 Å². The summed E-state index contributed by atoms with van der Waals surface area (Å²) in [4.78, 5) is 27.4. The second kappa shape index (κ2) is 7.09. The van der Waals surface area contributed by atoms with Gasteiger partial charge >= 0.3 is 0 Å². The van der Waals surface area contributed by atoms with Gasteiger partial charge in [-0.3, -0.25) is 9.59 Å². The van der Waals surface area contributed by atoms with Crippen LogP contribution in [-0.4, -0.2) is 47.5 Å². The zero-order valence-electron chi connectivity index (χ0n) is 13.1. The molecule has 126 valence electrons. The summed E-state index contributed by atoms with van der Waals surface area (Å²) in [5.74, 6) is -0.0525. The van der Waals surface area contributed by atoms with Gasteiger partial charge in [0.2, 0.25) is 5.91 Å². The van der Waals surface area contributed by atoms with Gasteiger partial charge in [0, 0.05) is 25.7 Å². The highest BCUT2D eigenvalue weighted by atomic mass is 32.2. The maximum Gasteiger partial charge on any atom is 0.289 e. The predicted octanol–water partition coefficient (Wildman–Crippen LogP) is 2.76. The van der Waals surface area contributed by atoms with E-state index in [0.29, 0.717) is 24.4 Å². The van der Waals surface area contributed by atoms with Crippen molar-refractivity contribution in [3.05, 3.63) is 59.8 Å². The Bertz CT molecular complexity index is 735. The molecule has 1 aromatic carbocycles. The fraction of sp³-hybridized carbons (Fsp3) is 0.294. The first-order valence-electron chi connectivity index (χ1n) is 7.52. The maximum atomic E-state index is 14.0. The third-order valence-electron chi connectivity index (χ3n) is 3.89. The third kappa shape index (κ3) is 3.31. The first-order valence-corrected chi connectivity index (χ1v) is 8.57. The van der Waals surface area contributed by atoms with Crippen LogP contribution >= 0.6 is 11.8 Å². The Labute approximate surface area is 143 Å². The van der Waals surface area contributed by atoms with Gasteiger partial charge in [-0.15, -0.1) is 11.8 Å². The van der Waals surface area contributed by atoms with Gasteiger partial charge in [0.05, 0.1) is 12.0 Å². The summed E-state index contributed by atoms with van der Waals surface area (Å²) in [5.41, 5.74) is 0.494. The van der Waals surface area contributed by atoms with Gasteiger partial charge in [0.25, 0.3) is 5.91 Å². The minimum Gasteiger partial charge on any atom is -0.459 e. The first kappa shape index (κ1) is 16.6. The number of carbonyl (C=O) groups is 2. The Kier molecular flexibility index (Phi) is 4.89. The number of furan rings is 1. The molecule has 0 aliphatic carbocycles. The molecule has 0 radical (unpaired) electrons. The van der Waals surface area contributed by atoms with Crippen molar-refractivity contribution >= 4 is 23.6 Å². The number of nitrogens with zero attached hydrogens (tertiary/aromatic N) is 2. The minimum atomic E-state index is -0.356. The van der Waals surface area contributed by atoms with Crippen molar-refractivity contribution < 1.29 is 18.4 Å². The molecule has 7 heteroatoms. The van der Waals surface area contributed by atoms with Crippen LogP contribution in [0, 0.1) is 5.82 Å². The largest absolute Gasteiger partial charge is 0.459 e. The molecule has 1 aliphatic rings. The van der Waals surface area contributed by atoms with Crippen LogP contribution in [-0.2, 0) is 4.79 Å². The molecule has 5 nitrogen and oxygen atoms in total. The molecule has 1 unspecified atom stereocenters. The SMILES string of the molecule is CN(CCN1C(=O)CSC1c1ccccc1F)C(=O)c1ccco1. The molecular formula is C17H17FN2O3S. The summed E-state index contributed by atoms with van der Waals surface area (Å²) in [6.45, 7) is 0.685. The number of benzene rings is 1. The normalized spacial score (nSPS) is 17.3. The molecule has 2 aromatic rings. The highest BCUT2D eigenvalue weighted by molar-refractivity contribution is 8.00. The van der Waals surface area contributed by atoms with E-state index in [1.54, 1.807) is 42.3 Å². The molecule has 2 heterocycles. The Balaban J connectivity index is 1.67. The molecule has 3 rings (SSSR count). The van der Waals surface area contributed by atoms with Crippen LogP contribution in [0.4, 0.5) is 4.39 Å². The second-order valence-electron chi connectivity index (χ2n) is 5.48. The average Bonchev–Trinajstić information content (AvgIpc) is 3.23. The van der Waals surface area contributed by atoms with E-state index >= 15 is 0 Å². The number of likely N-dealkylation sites (N-methyl/N-ethyl adjacent to an activating group) is 1. The number of carbonyl (C=O) groups excluding carboxylic acids is 2. The summed E-state index contributed by atoms with van der Waals surface area (Å²) in [5, 5.41) is -0.356. The van der Waals surface area contributed by atoms with Gasteiger partial charge in [-0.2, -0.15) is 0 Å². The van der Waals surface area contributed by atoms with Gasteiger partial charge in [-0.05, 0) is 18.2 Å². The van der Waals surface area contributed by atoms with Crippen LogP contribution in [0.5, 0.6) is 0 Å². The van der Waals surface area contributed by atoms with E-state index in [1.165, 1.54) is 29.0 Å². The molecule has 2 amide bonds. The molecule has 1 fully saturated rings. The molecule has 24 heavy (non-hydrogen) atoms. The van der Waals surface area contributed by atoms with Crippen molar-refractivity contribution in [2.75, 3.05) is 25.9 Å². The Morgan fingerprint density at radius 3 is 2.88 bits per heavy atom. The third-order valence-corrected chi connectivity index (χ3v) is 5.13. The number of rotatable bonds is 5. The molecule has 0 bridgehead atoms. The standard InChI is InChI=1S/C17H17FN2O3S/c1-19(16(22)14-7-4-10-23-14)8-9-20-15(21)11-24-17(20)12-5-2-3-6-13(12)18/h2-7,10,17H,8-9,11H2,1H3. The van der Waals surface area contributed by atoms with Gasteiger partial charge in [-0.25, -0.2) is 4.39 Å². The monoisotopic (exact) mass is 348 g/mol. The smallest absolute Gasteiger partial charge is 0.289 e. The number of halogens is 1. The number of hydrogen-bond acceptors (Lipinski definition) is 4. The van der Waals surface area contributed by atoms with Crippen LogP contribution in [0.1, 0.15) is 21.5 Å². The van der Waals surface area contributed by atoms with Crippen molar-refractivity contribution in [1.29, 1.82) is 0 Å². The Hall–Kier alpha value is -2.28. The lowest BCUT2D eigenvalue weighted by atomic mass is 10.2.